The van der Waals surface area contributed by atoms with Gasteiger partial charge in [0.2, 0.25) is 0 Å². The van der Waals surface area contributed by atoms with Crippen molar-refractivity contribution < 1.29 is 0 Å². The zero-order valence-corrected chi connectivity index (χ0v) is 23.3. The standard InChI is InChI=1S/C33H46/c1-30(2,3)26-16-24(17-27(20-26)31(4,5)6)22-13-14-23(15-22)25-18-28(32(7,8)9)21-29(19-25)33(10,11)12/h13-14,16-21H,15H2,1-12H3. The Morgan fingerprint density at radius 1 is 0.394 bits per heavy atom. The summed E-state index contributed by atoms with van der Waals surface area (Å²) in [5, 5.41) is 0. The highest BCUT2D eigenvalue weighted by molar-refractivity contribution is 5.87. The van der Waals surface area contributed by atoms with Gasteiger partial charge in [0, 0.05) is 0 Å². The van der Waals surface area contributed by atoms with E-state index in [9.17, 15) is 0 Å². The van der Waals surface area contributed by atoms with Crippen LogP contribution < -0.4 is 0 Å². The van der Waals surface area contributed by atoms with E-state index in [2.05, 4.69) is 132 Å². The van der Waals surface area contributed by atoms with Crippen molar-refractivity contribution in [3.05, 3.63) is 81.9 Å². The van der Waals surface area contributed by atoms with E-state index in [1.165, 1.54) is 44.5 Å². The molecule has 2 aromatic rings. The van der Waals surface area contributed by atoms with Gasteiger partial charge in [0.05, 0.1) is 0 Å². The second-order valence-corrected chi connectivity index (χ2v) is 14.2. The minimum atomic E-state index is 0.133. The summed E-state index contributed by atoms with van der Waals surface area (Å²) in [7, 11) is 0. The monoisotopic (exact) mass is 442 g/mol. The molecule has 3 rings (SSSR count). The molecule has 0 aromatic heterocycles. The van der Waals surface area contributed by atoms with Gasteiger partial charge in [-0.1, -0.05) is 132 Å². The largest absolute Gasteiger partial charge is 0.0578 e. The molecule has 0 aliphatic heterocycles. The summed E-state index contributed by atoms with van der Waals surface area (Å²) in [5.41, 5.74) is 11.8. The summed E-state index contributed by atoms with van der Waals surface area (Å²) in [5.74, 6) is 0. The molecule has 0 N–H and O–H groups in total. The number of benzene rings is 2. The smallest absolute Gasteiger partial charge is 0.00139 e. The Hall–Kier alpha value is -2.08. The average molecular weight is 443 g/mol. The van der Waals surface area contributed by atoms with Crippen LogP contribution in [-0.4, -0.2) is 0 Å². The highest BCUT2D eigenvalue weighted by Crippen LogP contribution is 2.40. The van der Waals surface area contributed by atoms with Gasteiger partial charge < -0.3 is 0 Å². The normalized spacial score (nSPS) is 15.5. The molecule has 0 fully saturated rings. The van der Waals surface area contributed by atoms with Gasteiger partial charge in [0.15, 0.2) is 0 Å². The van der Waals surface area contributed by atoms with Crippen LogP contribution in [0.1, 0.15) is 123 Å². The Balaban J connectivity index is 2.01. The predicted molar refractivity (Wildman–Crippen MR) is 148 cm³/mol. The third-order valence-corrected chi connectivity index (χ3v) is 6.94. The van der Waals surface area contributed by atoms with Gasteiger partial charge in [-0.25, -0.2) is 0 Å². The fourth-order valence-corrected chi connectivity index (χ4v) is 4.28. The van der Waals surface area contributed by atoms with Crippen molar-refractivity contribution in [3.63, 3.8) is 0 Å². The topological polar surface area (TPSA) is 0 Å². The van der Waals surface area contributed by atoms with E-state index in [-0.39, 0.29) is 21.7 Å². The van der Waals surface area contributed by atoms with Crippen LogP contribution in [0.15, 0.2) is 48.6 Å². The lowest BCUT2D eigenvalue weighted by Crippen LogP contribution is -2.17. The van der Waals surface area contributed by atoms with Crippen LogP contribution in [0.4, 0.5) is 0 Å². The second-order valence-electron chi connectivity index (χ2n) is 14.2. The predicted octanol–water partition coefficient (Wildman–Crippen LogP) is 9.75. The molecule has 0 heteroatoms. The Morgan fingerprint density at radius 2 is 0.636 bits per heavy atom. The molecule has 0 saturated carbocycles. The molecule has 2 aromatic carbocycles. The molecule has 0 unspecified atom stereocenters. The molecule has 1 aliphatic rings. The van der Waals surface area contributed by atoms with Gasteiger partial charge in [0.1, 0.15) is 0 Å². The summed E-state index contributed by atoms with van der Waals surface area (Å²) >= 11 is 0. The first-order valence-corrected chi connectivity index (χ1v) is 12.6. The van der Waals surface area contributed by atoms with Gasteiger partial charge in [-0.15, -0.1) is 0 Å². The zero-order chi connectivity index (χ0) is 25.0. The molecule has 178 valence electrons. The minimum absolute atomic E-state index is 0.133. The van der Waals surface area contributed by atoms with Crippen molar-refractivity contribution in [1.29, 1.82) is 0 Å². The average Bonchev–Trinajstić information content (AvgIpc) is 3.15. The van der Waals surface area contributed by atoms with E-state index < -0.39 is 0 Å². The van der Waals surface area contributed by atoms with Crippen molar-refractivity contribution in [3.8, 4) is 0 Å². The first kappa shape index (κ1) is 25.5. The summed E-state index contributed by atoms with van der Waals surface area (Å²) in [6, 6.07) is 14.5. The Labute approximate surface area is 204 Å². The Kier molecular flexibility index (Phi) is 6.42. The summed E-state index contributed by atoms with van der Waals surface area (Å²) in [4.78, 5) is 0. The molecule has 0 spiro atoms. The molecular formula is C33H46. The third-order valence-electron chi connectivity index (χ3n) is 6.94. The van der Waals surface area contributed by atoms with Crippen molar-refractivity contribution in [2.24, 2.45) is 0 Å². The third kappa shape index (κ3) is 5.89. The van der Waals surface area contributed by atoms with E-state index in [0.29, 0.717) is 0 Å². The summed E-state index contributed by atoms with van der Waals surface area (Å²) in [6.45, 7) is 27.8. The van der Waals surface area contributed by atoms with Crippen LogP contribution in [0.2, 0.25) is 0 Å². The molecule has 0 radical (unpaired) electrons. The van der Waals surface area contributed by atoms with Gasteiger partial charge >= 0.3 is 0 Å². The number of hydrogen-bond donors (Lipinski definition) is 0. The molecule has 0 atom stereocenters. The summed E-state index contributed by atoms with van der Waals surface area (Å²) < 4.78 is 0. The highest BCUT2D eigenvalue weighted by atomic mass is 14.3. The van der Waals surface area contributed by atoms with Crippen LogP contribution in [0.25, 0.3) is 11.1 Å². The van der Waals surface area contributed by atoms with Gasteiger partial charge in [0.25, 0.3) is 0 Å². The van der Waals surface area contributed by atoms with E-state index in [1.807, 2.05) is 0 Å². The summed E-state index contributed by atoms with van der Waals surface area (Å²) in [6.07, 6.45) is 5.70. The minimum Gasteiger partial charge on any atom is -0.0578 e. The zero-order valence-electron chi connectivity index (χ0n) is 23.3. The van der Waals surface area contributed by atoms with E-state index in [0.717, 1.165) is 6.42 Å². The fraction of sp³-hybridized carbons (Fsp3) is 0.515. The maximum Gasteiger partial charge on any atom is -0.00139 e. The van der Waals surface area contributed by atoms with E-state index >= 15 is 0 Å². The lowest BCUT2D eigenvalue weighted by atomic mass is 9.78. The maximum atomic E-state index is 2.42. The van der Waals surface area contributed by atoms with Crippen LogP contribution >= 0.6 is 0 Å². The maximum absolute atomic E-state index is 2.42. The van der Waals surface area contributed by atoms with Gasteiger partial charge in [-0.3, -0.25) is 0 Å². The molecule has 0 saturated heterocycles. The van der Waals surface area contributed by atoms with Crippen LogP contribution in [-0.2, 0) is 21.7 Å². The first-order valence-electron chi connectivity index (χ1n) is 12.6. The van der Waals surface area contributed by atoms with E-state index in [1.54, 1.807) is 0 Å². The molecule has 0 amide bonds. The highest BCUT2D eigenvalue weighted by Gasteiger charge is 2.24. The SMILES string of the molecule is CC(C)(C)c1cc(C2=CC=C(c3cc(C(C)(C)C)cc(C(C)(C)C)c3)C2)cc(C(C)(C)C)c1. The van der Waals surface area contributed by atoms with Gasteiger partial charge in [-0.05, 0) is 72.6 Å². The van der Waals surface area contributed by atoms with Crippen molar-refractivity contribution in [1.82, 2.24) is 0 Å². The molecule has 0 heterocycles. The molecule has 1 aliphatic carbocycles. The molecular weight excluding hydrogens is 396 g/mol. The fourth-order valence-electron chi connectivity index (χ4n) is 4.28. The first-order chi connectivity index (χ1) is 14.9. The lowest BCUT2D eigenvalue weighted by Gasteiger charge is -2.27. The quantitative estimate of drug-likeness (QED) is 0.434. The van der Waals surface area contributed by atoms with Crippen molar-refractivity contribution in [2.45, 2.75) is 111 Å². The Morgan fingerprint density at radius 3 is 0.848 bits per heavy atom. The molecule has 0 bridgehead atoms. The van der Waals surface area contributed by atoms with Gasteiger partial charge in [-0.2, -0.15) is 0 Å². The Bertz CT molecular complexity index is 937. The van der Waals surface area contributed by atoms with Crippen LogP contribution in [0, 0.1) is 0 Å². The van der Waals surface area contributed by atoms with Crippen molar-refractivity contribution in [2.75, 3.05) is 0 Å². The number of rotatable bonds is 2. The van der Waals surface area contributed by atoms with Crippen LogP contribution in [0.5, 0.6) is 0 Å². The number of allylic oxidation sites excluding steroid dienone is 4. The van der Waals surface area contributed by atoms with E-state index in [4.69, 9.17) is 0 Å². The number of hydrogen-bond acceptors (Lipinski definition) is 0. The molecule has 33 heavy (non-hydrogen) atoms. The van der Waals surface area contributed by atoms with Crippen LogP contribution in [0.3, 0.4) is 0 Å². The lowest BCUT2D eigenvalue weighted by molar-refractivity contribution is 0.568. The second kappa shape index (κ2) is 8.30. The molecule has 0 nitrogen and oxygen atoms in total. The van der Waals surface area contributed by atoms with Crippen molar-refractivity contribution >= 4 is 11.1 Å².